The largest absolute Gasteiger partial charge is 0.376 e. The van der Waals surface area contributed by atoms with Gasteiger partial charge in [0.2, 0.25) is 0 Å². The molecule has 0 aromatic heterocycles. The number of rotatable bonds is 2. The molecule has 3 atom stereocenters. The second-order valence-corrected chi connectivity index (χ2v) is 6.58. The summed E-state index contributed by atoms with van der Waals surface area (Å²) in [4.78, 5) is 4.59. The minimum atomic E-state index is 0.0672. The molecule has 92 valence electrons. The molecule has 0 aromatic carbocycles. The van der Waals surface area contributed by atoms with Gasteiger partial charge in [0.15, 0.2) is 5.17 Å². The molecule has 2 aliphatic rings. The lowest BCUT2D eigenvalue weighted by Gasteiger charge is -2.29. The number of aliphatic imine (C=N–C) groups is 1. The summed E-state index contributed by atoms with van der Waals surface area (Å²) in [7, 11) is 0. The van der Waals surface area contributed by atoms with Gasteiger partial charge in [-0.05, 0) is 26.2 Å². The summed E-state index contributed by atoms with van der Waals surface area (Å²) in [5.74, 6) is 0.693. The maximum Gasteiger partial charge on any atom is 0.157 e. The van der Waals surface area contributed by atoms with Crippen LogP contribution >= 0.6 is 11.8 Å². The van der Waals surface area contributed by atoms with Crippen LogP contribution in [-0.2, 0) is 4.74 Å². The van der Waals surface area contributed by atoms with E-state index in [0.717, 1.165) is 24.7 Å². The van der Waals surface area contributed by atoms with Crippen LogP contribution in [0.15, 0.2) is 4.99 Å². The second kappa shape index (κ2) is 4.57. The smallest absolute Gasteiger partial charge is 0.157 e. The third-order valence-electron chi connectivity index (χ3n) is 3.70. The van der Waals surface area contributed by atoms with Crippen LogP contribution in [0.5, 0.6) is 0 Å². The maximum atomic E-state index is 5.63. The van der Waals surface area contributed by atoms with E-state index in [0.29, 0.717) is 11.2 Å². The first kappa shape index (κ1) is 12.2. The van der Waals surface area contributed by atoms with Crippen molar-refractivity contribution in [1.82, 2.24) is 5.32 Å². The summed E-state index contributed by atoms with van der Waals surface area (Å²) in [6, 6.07) is 0. The fraction of sp³-hybridized carbons (Fsp3) is 0.917. The Balaban J connectivity index is 1.92. The molecule has 4 heteroatoms. The number of hydrogen-bond acceptors (Lipinski definition) is 4. The molecule has 3 nitrogen and oxygen atoms in total. The summed E-state index contributed by atoms with van der Waals surface area (Å²) in [6.45, 7) is 10.7. The second-order valence-electron chi connectivity index (χ2n) is 5.35. The molecule has 0 amide bonds. The van der Waals surface area contributed by atoms with Gasteiger partial charge >= 0.3 is 0 Å². The molecule has 0 bridgehead atoms. The molecule has 1 fully saturated rings. The van der Waals surface area contributed by atoms with E-state index in [2.05, 4.69) is 38.0 Å². The van der Waals surface area contributed by atoms with Crippen molar-refractivity contribution in [2.24, 2.45) is 10.9 Å². The molecule has 2 rings (SSSR count). The van der Waals surface area contributed by atoms with Crippen molar-refractivity contribution in [3.05, 3.63) is 0 Å². The molecule has 2 aliphatic heterocycles. The SMILES string of the molecule is CC(C)C1CN=C(NC2(C)CCOC2C)S1. The number of nitrogens with one attached hydrogen (secondary N) is 1. The Morgan fingerprint density at radius 1 is 1.56 bits per heavy atom. The van der Waals surface area contributed by atoms with E-state index in [4.69, 9.17) is 4.74 Å². The topological polar surface area (TPSA) is 33.6 Å². The lowest BCUT2D eigenvalue weighted by atomic mass is 9.95. The number of ether oxygens (including phenoxy) is 1. The molecule has 1 N–H and O–H groups in total. The Morgan fingerprint density at radius 2 is 2.31 bits per heavy atom. The number of nitrogens with zero attached hydrogens (tertiary/aromatic N) is 1. The van der Waals surface area contributed by atoms with Crippen LogP contribution in [0.25, 0.3) is 0 Å². The van der Waals surface area contributed by atoms with Gasteiger partial charge < -0.3 is 10.1 Å². The molecular weight excluding hydrogens is 220 g/mol. The summed E-state index contributed by atoms with van der Waals surface area (Å²) in [6.07, 6.45) is 1.34. The molecule has 3 unspecified atom stereocenters. The molecule has 0 radical (unpaired) electrons. The number of amidine groups is 1. The van der Waals surface area contributed by atoms with Gasteiger partial charge in [-0.2, -0.15) is 0 Å². The van der Waals surface area contributed by atoms with Gasteiger partial charge in [0.05, 0.1) is 18.2 Å². The van der Waals surface area contributed by atoms with E-state index < -0.39 is 0 Å². The third-order valence-corrected chi connectivity index (χ3v) is 5.15. The average Bonchev–Trinajstić information content (AvgIpc) is 2.76. The number of thioether (sulfide) groups is 1. The highest BCUT2D eigenvalue weighted by atomic mass is 32.2. The van der Waals surface area contributed by atoms with Gasteiger partial charge in [-0.3, -0.25) is 4.99 Å². The van der Waals surface area contributed by atoms with Gasteiger partial charge in [-0.1, -0.05) is 25.6 Å². The number of hydrogen-bond donors (Lipinski definition) is 1. The summed E-state index contributed by atoms with van der Waals surface area (Å²) in [5, 5.41) is 5.33. The Hall–Kier alpha value is -0.220. The molecule has 2 heterocycles. The van der Waals surface area contributed by atoms with Crippen molar-refractivity contribution in [2.75, 3.05) is 13.2 Å². The summed E-state index contributed by atoms with van der Waals surface area (Å²) < 4.78 is 5.63. The fourth-order valence-corrected chi connectivity index (χ4v) is 3.20. The van der Waals surface area contributed by atoms with E-state index >= 15 is 0 Å². The highest BCUT2D eigenvalue weighted by Crippen LogP contribution is 2.30. The van der Waals surface area contributed by atoms with Crippen molar-refractivity contribution < 1.29 is 4.74 Å². The Morgan fingerprint density at radius 3 is 2.81 bits per heavy atom. The summed E-state index contributed by atoms with van der Waals surface area (Å²) >= 11 is 1.89. The summed E-state index contributed by atoms with van der Waals surface area (Å²) in [5.41, 5.74) is 0.0672. The zero-order valence-corrected chi connectivity index (χ0v) is 11.4. The predicted octanol–water partition coefficient (Wildman–Crippen LogP) is 2.27. The first-order chi connectivity index (χ1) is 7.51. The molecule has 16 heavy (non-hydrogen) atoms. The highest BCUT2D eigenvalue weighted by Gasteiger charge is 2.39. The van der Waals surface area contributed by atoms with Crippen molar-refractivity contribution in [2.45, 2.75) is 51.0 Å². The Labute approximate surface area is 102 Å². The standard InChI is InChI=1S/C12H22N2OS/c1-8(2)10-7-13-11(16-10)14-12(4)5-6-15-9(12)3/h8-10H,5-7H2,1-4H3,(H,13,14). The minimum absolute atomic E-state index is 0.0672. The zero-order valence-electron chi connectivity index (χ0n) is 10.6. The molecular formula is C12H22N2OS. The molecule has 1 saturated heterocycles. The van der Waals surface area contributed by atoms with Gasteiger partial charge in [0.25, 0.3) is 0 Å². The van der Waals surface area contributed by atoms with Crippen molar-refractivity contribution in [3.63, 3.8) is 0 Å². The van der Waals surface area contributed by atoms with Crippen LogP contribution in [0, 0.1) is 5.92 Å². The van der Waals surface area contributed by atoms with Crippen molar-refractivity contribution in [3.8, 4) is 0 Å². The molecule has 0 aromatic rings. The quantitative estimate of drug-likeness (QED) is 0.806. The van der Waals surface area contributed by atoms with E-state index in [1.165, 1.54) is 0 Å². The first-order valence-corrected chi connectivity index (χ1v) is 7.00. The average molecular weight is 242 g/mol. The van der Waals surface area contributed by atoms with Crippen LogP contribution in [0.1, 0.15) is 34.1 Å². The Bertz CT molecular complexity index is 293. The molecule has 0 saturated carbocycles. The zero-order chi connectivity index (χ0) is 11.8. The normalized spacial score (nSPS) is 39.2. The van der Waals surface area contributed by atoms with E-state index in [-0.39, 0.29) is 11.6 Å². The van der Waals surface area contributed by atoms with Gasteiger partial charge in [-0.25, -0.2) is 0 Å². The molecule has 0 aliphatic carbocycles. The first-order valence-electron chi connectivity index (χ1n) is 6.12. The van der Waals surface area contributed by atoms with Gasteiger partial charge in [-0.15, -0.1) is 0 Å². The monoisotopic (exact) mass is 242 g/mol. The van der Waals surface area contributed by atoms with Crippen molar-refractivity contribution >= 4 is 16.9 Å². The maximum absolute atomic E-state index is 5.63. The van der Waals surface area contributed by atoms with Gasteiger partial charge in [0, 0.05) is 11.9 Å². The third kappa shape index (κ3) is 2.38. The van der Waals surface area contributed by atoms with Gasteiger partial charge in [0.1, 0.15) is 0 Å². The van der Waals surface area contributed by atoms with Crippen LogP contribution in [0.4, 0.5) is 0 Å². The minimum Gasteiger partial charge on any atom is -0.376 e. The van der Waals surface area contributed by atoms with Crippen LogP contribution in [0.2, 0.25) is 0 Å². The highest BCUT2D eigenvalue weighted by molar-refractivity contribution is 8.14. The lowest BCUT2D eigenvalue weighted by Crippen LogP contribution is -2.49. The van der Waals surface area contributed by atoms with Crippen LogP contribution < -0.4 is 5.32 Å². The Kier molecular flexibility index (Phi) is 3.50. The van der Waals surface area contributed by atoms with E-state index in [1.54, 1.807) is 0 Å². The van der Waals surface area contributed by atoms with Crippen LogP contribution in [-0.4, -0.2) is 35.2 Å². The lowest BCUT2D eigenvalue weighted by molar-refractivity contribution is 0.0951. The van der Waals surface area contributed by atoms with Crippen molar-refractivity contribution in [1.29, 1.82) is 0 Å². The van der Waals surface area contributed by atoms with E-state index in [1.807, 2.05) is 11.8 Å². The fourth-order valence-electron chi connectivity index (χ4n) is 2.05. The van der Waals surface area contributed by atoms with Crippen LogP contribution in [0.3, 0.4) is 0 Å². The predicted molar refractivity (Wildman–Crippen MR) is 70.1 cm³/mol. The van der Waals surface area contributed by atoms with E-state index in [9.17, 15) is 0 Å². The molecule has 0 spiro atoms.